The number of likely N-dealkylation sites (tertiary alicyclic amines) is 1. The summed E-state index contributed by atoms with van der Waals surface area (Å²) >= 11 is 1.41. The molecule has 20 heteroatoms. The lowest BCUT2D eigenvalue weighted by molar-refractivity contribution is -0.250. The predicted molar refractivity (Wildman–Crippen MR) is 273 cm³/mol. The second-order valence-electron chi connectivity index (χ2n) is 22.7. The van der Waals surface area contributed by atoms with Crippen LogP contribution in [0.25, 0.3) is 0 Å². The molecule has 3 saturated carbocycles. The van der Waals surface area contributed by atoms with Crippen molar-refractivity contribution in [1.82, 2.24) is 14.5 Å². The summed E-state index contributed by atoms with van der Waals surface area (Å²) in [5, 5.41) is 2.99. The number of amides is 1. The number of esters is 1. The number of sulfonamides is 1. The Kier molecular flexibility index (Phi) is 15.9. The van der Waals surface area contributed by atoms with Gasteiger partial charge in [0.15, 0.2) is 0 Å². The molecule has 73 heavy (non-hydrogen) atoms. The van der Waals surface area contributed by atoms with Gasteiger partial charge in [0, 0.05) is 72.6 Å². The maximum Gasteiger partial charge on any atom is 0.501 e. The summed E-state index contributed by atoms with van der Waals surface area (Å²) < 4.78 is 132. The first kappa shape index (κ1) is 55.0. The standard InChI is InChI=1S/C53H68F5N5O7S3/c1-49(2,3)70-47(65)37-18-22-61(23-19-37)24-20-39(32-71-41-9-7-6-8-10-41)59-44-16-15-42(29-45(44)72(66,67)53(56,57)58)73(68,69)60-46(64)36-11-13-40(14-12-36)63-27-25-62(26-28-63)31-38-17-21-50(4,5)30-43(38)51-33-52(34-51,35-51)48(54)55/h6-16,29,37,39,48,59H,17-28,30-35H2,1-5H3,(H,60,64)/t39-,51?,52?/m1/s1. The Labute approximate surface area is 431 Å². The number of hydrogen-bond donors (Lipinski definition) is 2. The highest BCUT2D eigenvalue weighted by atomic mass is 32.2. The quantitative estimate of drug-likeness (QED) is 0.0541. The first-order valence-electron chi connectivity index (χ1n) is 25.2. The molecule has 2 saturated heterocycles. The van der Waals surface area contributed by atoms with E-state index in [-0.39, 0.29) is 28.3 Å². The van der Waals surface area contributed by atoms with Gasteiger partial charge in [-0.05, 0) is 157 Å². The van der Waals surface area contributed by atoms with E-state index in [1.54, 1.807) is 12.1 Å². The van der Waals surface area contributed by atoms with Crippen LogP contribution in [0.5, 0.6) is 0 Å². The molecule has 12 nitrogen and oxygen atoms in total. The van der Waals surface area contributed by atoms with Crippen molar-refractivity contribution in [2.45, 2.75) is 131 Å². The summed E-state index contributed by atoms with van der Waals surface area (Å²) in [7, 11) is -11.0. The molecular weight excluding hydrogens is 1010 g/mol. The van der Waals surface area contributed by atoms with E-state index in [1.165, 1.54) is 35.0 Å². The van der Waals surface area contributed by atoms with Gasteiger partial charge in [-0.3, -0.25) is 14.5 Å². The van der Waals surface area contributed by atoms with Crippen LogP contribution in [0.2, 0.25) is 0 Å². The predicted octanol–water partition coefficient (Wildman–Crippen LogP) is 10.2. The number of allylic oxidation sites excluding steroid dienone is 1. The Bertz CT molecular complexity index is 2730. The van der Waals surface area contributed by atoms with E-state index in [0.29, 0.717) is 83.1 Å². The fourth-order valence-electron chi connectivity index (χ4n) is 11.4. The lowest BCUT2D eigenvalue weighted by Gasteiger charge is -2.72. The van der Waals surface area contributed by atoms with Crippen LogP contribution in [-0.4, -0.2) is 120 Å². The molecule has 0 radical (unpaired) electrons. The fraction of sp³-hybridized carbons (Fsp3) is 0.585. The third-order valence-corrected chi connectivity index (χ3v) is 19.4. The molecule has 400 valence electrons. The summed E-state index contributed by atoms with van der Waals surface area (Å²) in [5.74, 6) is -1.27. The Morgan fingerprint density at radius 3 is 2.10 bits per heavy atom. The van der Waals surface area contributed by atoms with Crippen molar-refractivity contribution >= 4 is 54.9 Å². The molecule has 2 bridgehead atoms. The number of anilines is 2. The molecule has 1 atom stereocenters. The number of nitrogens with one attached hydrogen (secondary N) is 2. The fourth-order valence-corrected chi connectivity index (χ4v) is 14.4. The van der Waals surface area contributed by atoms with Crippen LogP contribution in [0.3, 0.4) is 0 Å². The molecule has 3 aromatic rings. The number of hydrogen-bond acceptors (Lipinski definition) is 12. The molecule has 2 N–H and O–H groups in total. The van der Waals surface area contributed by atoms with Crippen molar-refractivity contribution in [3.8, 4) is 0 Å². The van der Waals surface area contributed by atoms with Crippen LogP contribution in [0.4, 0.5) is 33.3 Å². The van der Waals surface area contributed by atoms with Gasteiger partial charge in [-0.15, -0.1) is 11.8 Å². The minimum absolute atomic E-state index is 0.0397. The summed E-state index contributed by atoms with van der Waals surface area (Å²) in [4.78, 5) is 31.5. The number of halogens is 5. The number of nitrogens with zero attached hydrogens (tertiary/aromatic N) is 3. The zero-order valence-corrected chi connectivity index (χ0v) is 44.7. The van der Waals surface area contributed by atoms with Crippen LogP contribution >= 0.6 is 11.8 Å². The van der Waals surface area contributed by atoms with Crippen LogP contribution in [0, 0.1) is 22.2 Å². The third-order valence-electron chi connectivity index (χ3n) is 15.4. The topological polar surface area (TPSA) is 145 Å². The molecular formula is C53H68F5N5O7S3. The number of sulfone groups is 1. The number of piperazine rings is 1. The van der Waals surface area contributed by atoms with Gasteiger partial charge in [0.1, 0.15) is 10.5 Å². The van der Waals surface area contributed by atoms with Crippen LogP contribution < -0.4 is 14.9 Å². The van der Waals surface area contributed by atoms with E-state index in [0.717, 1.165) is 61.6 Å². The third kappa shape index (κ3) is 12.6. The number of carbonyl (C=O) groups excluding carboxylic acids is 2. The summed E-state index contributed by atoms with van der Waals surface area (Å²) in [6.45, 7) is 15.3. The first-order valence-corrected chi connectivity index (χ1v) is 29.1. The summed E-state index contributed by atoms with van der Waals surface area (Å²) in [6.07, 6.45) is 3.99. The highest BCUT2D eigenvalue weighted by Crippen LogP contribution is 2.79. The number of thioether (sulfide) groups is 1. The smallest absolute Gasteiger partial charge is 0.460 e. The Balaban J connectivity index is 0.910. The Morgan fingerprint density at radius 1 is 0.849 bits per heavy atom. The average Bonchev–Trinajstić information content (AvgIpc) is 3.29. The largest absolute Gasteiger partial charge is 0.501 e. The molecule has 3 aromatic carbocycles. The van der Waals surface area contributed by atoms with Gasteiger partial charge in [-0.2, -0.15) is 13.2 Å². The van der Waals surface area contributed by atoms with E-state index in [1.807, 2.05) is 55.8 Å². The highest BCUT2D eigenvalue weighted by molar-refractivity contribution is 7.99. The van der Waals surface area contributed by atoms with Crippen LogP contribution in [0.1, 0.15) is 103 Å². The number of benzene rings is 3. The molecule has 1 amide bonds. The first-order chi connectivity index (χ1) is 34.2. The van der Waals surface area contributed by atoms with Gasteiger partial charge >= 0.3 is 11.5 Å². The van der Waals surface area contributed by atoms with Gasteiger partial charge in [0.25, 0.3) is 25.8 Å². The molecule has 2 heterocycles. The highest BCUT2D eigenvalue weighted by Gasteiger charge is 2.73. The average molecular weight is 1080 g/mol. The van der Waals surface area contributed by atoms with Crippen molar-refractivity contribution in [1.29, 1.82) is 0 Å². The van der Waals surface area contributed by atoms with E-state index < -0.39 is 70.2 Å². The number of alkyl halides is 5. The molecule has 9 rings (SSSR count). The normalized spacial score (nSPS) is 23.6. The lowest BCUT2D eigenvalue weighted by atomic mass is 9.32. The molecule has 0 aromatic heterocycles. The van der Waals surface area contributed by atoms with Crippen molar-refractivity contribution in [2.75, 3.05) is 68.3 Å². The SMILES string of the molecule is CC1(C)CCC(CN2CCN(c3ccc(C(=O)NS(=O)(=O)c4ccc(N[C@H](CCN5CCC(C(=O)OC(C)(C)C)CC5)CSc5ccccc5)c(S(=O)(=O)C(F)(F)F)c4)cc3)CC2)=C(C23CC(C(F)F)(C2)C3)C1. The maximum absolute atomic E-state index is 14.3. The second kappa shape index (κ2) is 21.1. The van der Waals surface area contributed by atoms with Crippen molar-refractivity contribution in [3.05, 3.63) is 89.5 Å². The Morgan fingerprint density at radius 2 is 1.49 bits per heavy atom. The molecule has 4 aliphatic carbocycles. The minimum atomic E-state index is -6.12. The zero-order chi connectivity index (χ0) is 52.8. The molecule has 5 fully saturated rings. The maximum atomic E-state index is 14.3. The van der Waals surface area contributed by atoms with Crippen molar-refractivity contribution in [2.24, 2.45) is 22.2 Å². The van der Waals surface area contributed by atoms with E-state index in [9.17, 15) is 48.4 Å². The molecule has 6 aliphatic rings. The monoisotopic (exact) mass is 1080 g/mol. The van der Waals surface area contributed by atoms with Gasteiger partial charge < -0.3 is 19.9 Å². The van der Waals surface area contributed by atoms with Crippen molar-refractivity contribution in [3.63, 3.8) is 0 Å². The zero-order valence-electron chi connectivity index (χ0n) is 42.2. The van der Waals surface area contributed by atoms with Gasteiger partial charge in [-0.1, -0.05) is 43.2 Å². The summed E-state index contributed by atoms with van der Waals surface area (Å²) in [5.41, 5.74) is -3.95. The number of piperidine rings is 1. The van der Waals surface area contributed by atoms with Gasteiger partial charge in [0.05, 0.1) is 16.5 Å². The number of carbonyl (C=O) groups is 2. The van der Waals surface area contributed by atoms with E-state index in [2.05, 4.69) is 33.9 Å². The minimum Gasteiger partial charge on any atom is -0.460 e. The second-order valence-corrected chi connectivity index (χ2v) is 27.3. The van der Waals surface area contributed by atoms with E-state index >= 15 is 0 Å². The molecule has 0 spiro atoms. The van der Waals surface area contributed by atoms with Crippen molar-refractivity contribution < 1.29 is 53.1 Å². The Hall–Kier alpha value is -4.24. The lowest BCUT2D eigenvalue weighted by Crippen LogP contribution is -2.66. The number of ether oxygens (including phenoxy) is 1. The number of rotatable bonds is 18. The molecule has 2 aliphatic heterocycles. The van der Waals surface area contributed by atoms with Gasteiger partial charge in [0.2, 0.25) is 6.43 Å². The summed E-state index contributed by atoms with van der Waals surface area (Å²) in [6, 6.07) is 17.3. The van der Waals surface area contributed by atoms with Gasteiger partial charge in [-0.25, -0.2) is 30.3 Å². The van der Waals surface area contributed by atoms with Crippen LogP contribution in [0.15, 0.2) is 98.6 Å². The van der Waals surface area contributed by atoms with E-state index in [4.69, 9.17) is 4.74 Å². The molecule has 0 unspecified atom stereocenters. The van der Waals surface area contributed by atoms with Crippen LogP contribution in [-0.2, 0) is 29.4 Å².